The van der Waals surface area contributed by atoms with Crippen LogP contribution in [0, 0.1) is 11.3 Å². The number of aromatic amines is 1. The van der Waals surface area contributed by atoms with Crippen LogP contribution < -0.4 is 5.73 Å². The second kappa shape index (κ2) is 4.75. The van der Waals surface area contributed by atoms with Crippen LogP contribution in [0.2, 0.25) is 0 Å². The molecule has 3 N–H and O–H groups in total. The molecule has 0 saturated carbocycles. The van der Waals surface area contributed by atoms with Gasteiger partial charge in [0.1, 0.15) is 11.6 Å². The molecule has 0 atom stereocenters. The molecule has 0 radical (unpaired) electrons. The van der Waals surface area contributed by atoms with Crippen molar-refractivity contribution in [3.63, 3.8) is 0 Å². The summed E-state index contributed by atoms with van der Waals surface area (Å²) in [6.45, 7) is 1.98. The first-order chi connectivity index (χ1) is 7.15. The monoisotopic (exact) mass is 225 g/mol. The van der Waals surface area contributed by atoms with E-state index in [2.05, 4.69) is 4.98 Å². The molecule has 1 rings (SSSR count). The van der Waals surface area contributed by atoms with Gasteiger partial charge >= 0.3 is 5.97 Å². The van der Waals surface area contributed by atoms with Crippen molar-refractivity contribution in [1.29, 1.82) is 5.26 Å². The first kappa shape index (κ1) is 11.5. The van der Waals surface area contributed by atoms with E-state index in [1.807, 2.05) is 6.07 Å². The maximum absolute atomic E-state index is 11.4. The number of thioether (sulfide) groups is 1. The van der Waals surface area contributed by atoms with Gasteiger partial charge in [-0.1, -0.05) is 0 Å². The first-order valence-corrected chi connectivity index (χ1v) is 5.50. The molecule has 1 aromatic heterocycles. The molecular formula is C9H11N3O2S. The molecule has 0 fully saturated rings. The van der Waals surface area contributed by atoms with Crippen LogP contribution in [0.3, 0.4) is 0 Å². The lowest BCUT2D eigenvalue weighted by atomic mass is 10.3. The summed E-state index contributed by atoms with van der Waals surface area (Å²) in [7, 11) is 0. The van der Waals surface area contributed by atoms with Gasteiger partial charge in [0.2, 0.25) is 0 Å². The third-order valence-corrected chi connectivity index (χ3v) is 2.51. The number of nitrogen functional groups attached to an aromatic ring is 1. The number of aromatic nitrogens is 1. The normalized spacial score (nSPS) is 9.67. The van der Waals surface area contributed by atoms with Gasteiger partial charge in [-0.25, -0.2) is 4.79 Å². The lowest BCUT2D eigenvalue weighted by Gasteiger charge is -1.99. The molecule has 0 saturated heterocycles. The van der Waals surface area contributed by atoms with Gasteiger partial charge in [0.25, 0.3) is 0 Å². The highest BCUT2D eigenvalue weighted by atomic mass is 32.2. The summed E-state index contributed by atoms with van der Waals surface area (Å²) >= 11 is 1.32. The Morgan fingerprint density at radius 2 is 2.40 bits per heavy atom. The van der Waals surface area contributed by atoms with E-state index < -0.39 is 5.97 Å². The Kier molecular flexibility index (Phi) is 3.63. The Labute approximate surface area is 91.6 Å². The Hall–Kier alpha value is -1.61. The van der Waals surface area contributed by atoms with Gasteiger partial charge in [-0.3, -0.25) is 0 Å². The molecule has 0 aliphatic rings. The van der Waals surface area contributed by atoms with Crippen LogP contribution in [0.4, 0.5) is 5.69 Å². The van der Waals surface area contributed by atoms with E-state index in [4.69, 9.17) is 15.7 Å². The Morgan fingerprint density at radius 1 is 1.73 bits per heavy atom. The van der Waals surface area contributed by atoms with E-state index in [9.17, 15) is 4.79 Å². The van der Waals surface area contributed by atoms with Crippen molar-refractivity contribution in [2.75, 3.05) is 18.6 Å². The number of nitrogens with two attached hydrogens (primary N) is 1. The molecule has 0 aromatic carbocycles. The number of carbonyl (C=O) groups is 1. The Balaban J connectivity index is 3.16. The smallest absolute Gasteiger partial charge is 0.356 e. The first-order valence-electron chi connectivity index (χ1n) is 4.28. The van der Waals surface area contributed by atoms with Crippen LogP contribution >= 0.6 is 11.8 Å². The number of anilines is 1. The average molecular weight is 225 g/mol. The highest BCUT2D eigenvalue weighted by Gasteiger charge is 2.20. The topological polar surface area (TPSA) is 91.9 Å². The van der Waals surface area contributed by atoms with Gasteiger partial charge in [-0.15, -0.1) is 11.8 Å². The van der Waals surface area contributed by atoms with Gasteiger partial charge in [-0.05, 0) is 13.2 Å². The van der Waals surface area contributed by atoms with Gasteiger partial charge in [-0.2, -0.15) is 5.26 Å². The van der Waals surface area contributed by atoms with Crippen LogP contribution in [-0.4, -0.2) is 23.8 Å². The number of nitrogens with zero attached hydrogens (tertiary/aromatic N) is 1. The summed E-state index contributed by atoms with van der Waals surface area (Å²) in [4.78, 5) is 14.2. The quantitative estimate of drug-likeness (QED) is 0.598. The van der Waals surface area contributed by atoms with Crippen LogP contribution in [0.25, 0.3) is 0 Å². The molecule has 80 valence electrons. The average Bonchev–Trinajstić information content (AvgIpc) is 2.55. The zero-order chi connectivity index (χ0) is 11.4. The predicted molar refractivity (Wildman–Crippen MR) is 57.7 cm³/mol. The predicted octanol–water partition coefficient (Wildman–Crippen LogP) is 1.37. The highest BCUT2D eigenvalue weighted by molar-refractivity contribution is 7.98. The fourth-order valence-corrected chi connectivity index (χ4v) is 1.68. The number of H-pyrrole nitrogens is 1. The van der Waals surface area contributed by atoms with Gasteiger partial charge < -0.3 is 15.5 Å². The molecule has 1 aromatic rings. The maximum Gasteiger partial charge on any atom is 0.356 e. The molecular weight excluding hydrogens is 214 g/mol. The molecule has 0 unspecified atom stereocenters. The fraction of sp³-hybridized carbons (Fsp3) is 0.333. The van der Waals surface area contributed by atoms with Crippen LogP contribution in [0.15, 0.2) is 5.03 Å². The third kappa shape index (κ3) is 2.07. The number of carbonyl (C=O) groups excluding carboxylic acids is 1. The van der Waals surface area contributed by atoms with Crippen molar-refractivity contribution >= 4 is 23.4 Å². The molecule has 0 amide bonds. The molecule has 6 heteroatoms. The zero-order valence-corrected chi connectivity index (χ0v) is 9.27. The molecule has 0 aliphatic carbocycles. The Morgan fingerprint density at radius 3 is 2.80 bits per heavy atom. The minimum absolute atomic E-state index is 0.151. The number of nitriles is 1. The minimum Gasteiger partial charge on any atom is -0.461 e. The van der Waals surface area contributed by atoms with Crippen molar-refractivity contribution in [3.05, 3.63) is 11.3 Å². The third-order valence-electron chi connectivity index (χ3n) is 1.80. The molecule has 5 nitrogen and oxygen atoms in total. The summed E-state index contributed by atoms with van der Waals surface area (Å²) in [6.07, 6.45) is 1.79. The van der Waals surface area contributed by atoms with Crippen molar-refractivity contribution in [2.45, 2.75) is 11.9 Å². The number of nitrogens with one attached hydrogen (secondary N) is 1. The van der Waals surface area contributed by atoms with Crippen LogP contribution in [0.5, 0.6) is 0 Å². The van der Waals surface area contributed by atoms with Crippen LogP contribution in [0.1, 0.15) is 23.0 Å². The standard InChI is InChI=1S/C9H11N3O2S/c1-3-14-9(13)7-6(11)5(4-10)8(12-7)15-2/h12H,3,11H2,1-2H3. The van der Waals surface area contributed by atoms with E-state index >= 15 is 0 Å². The lowest BCUT2D eigenvalue weighted by Crippen LogP contribution is -2.07. The number of hydrogen-bond donors (Lipinski definition) is 2. The molecule has 0 aliphatic heterocycles. The van der Waals surface area contributed by atoms with Crippen LogP contribution in [-0.2, 0) is 4.74 Å². The maximum atomic E-state index is 11.4. The van der Waals surface area contributed by atoms with Gasteiger partial charge in [0.15, 0.2) is 5.69 Å². The van der Waals surface area contributed by atoms with Crippen molar-refractivity contribution in [2.24, 2.45) is 0 Å². The van der Waals surface area contributed by atoms with E-state index in [0.29, 0.717) is 10.6 Å². The number of ether oxygens (including phenoxy) is 1. The Bertz CT molecular complexity index is 420. The largest absolute Gasteiger partial charge is 0.461 e. The molecule has 15 heavy (non-hydrogen) atoms. The van der Waals surface area contributed by atoms with Gasteiger partial charge in [0.05, 0.1) is 17.3 Å². The van der Waals surface area contributed by atoms with Crippen molar-refractivity contribution in [1.82, 2.24) is 4.98 Å². The highest BCUT2D eigenvalue weighted by Crippen LogP contribution is 2.27. The summed E-state index contributed by atoms with van der Waals surface area (Å²) in [5.41, 5.74) is 6.25. The SMILES string of the molecule is CCOC(=O)c1[nH]c(SC)c(C#N)c1N. The number of esters is 1. The summed E-state index contributed by atoms with van der Waals surface area (Å²) in [6, 6.07) is 1.95. The lowest BCUT2D eigenvalue weighted by molar-refractivity contribution is 0.0521. The fourth-order valence-electron chi connectivity index (χ4n) is 1.12. The zero-order valence-electron chi connectivity index (χ0n) is 8.46. The van der Waals surface area contributed by atoms with Crippen molar-refractivity contribution in [3.8, 4) is 6.07 Å². The molecule has 0 bridgehead atoms. The van der Waals surface area contributed by atoms with E-state index in [0.717, 1.165) is 0 Å². The van der Waals surface area contributed by atoms with E-state index in [1.165, 1.54) is 11.8 Å². The van der Waals surface area contributed by atoms with E-state index in [1.54, 1.807) is 13.2 Å². The number of hydrogen-bond acceptors (Lipinski definition) is 5. The van der Waals surface area contributed by atoms with Gasteiger partial charge in [0, 0.05) is 0 Å². The second-order valence-corrected chi connectivity index (χ2v) is 3.47. The minimum atomic E-state index is -0.535. The van der Waals surface area contributed by atoms with E-state index in [-0.39, 0.29) is 18.0 Å². The number of rotatable bonds is 3. The van der Waals surface area contributed by atoms with Crippen molar-refractivity contribution < 1.29 is 9.53 Å². The molecule has 1 heterocycles. The second-order valence-electron chi connectivity index (χ2n) is 2.65. The summed E-state index contributed by atoms with van der Waals surface area (Å²) in [5.74, 6) is -0.535. The summed E-state index contributed by atoms with van der Waals surface area (Å²) in [5, 5.41) is 9.42. The molecule has 0 spiro atoms. The summed E-state index contributed by atoms with van der Waals surface area (Å²) < 4.78 is 4.80.